The van der Waals surface area contributed by atoms with Gasteiger partial charge in [0.05, 0.1) is 6.61 Å². The van der Waals surface area contributed by atoms with E-state index < -0.39 is 11.0 Å². The molecule has 1 heterocycles. The minimum Gasteiger partial charge on any atom is -0.493 e. The van der Waals surface area contributed by atoms with Gasteiger partial charge in [0.2, 0.25) is 0 Å². The Balaban J connectivity index is 1.64. The fourth-order valence-corrected chi connectivity index (χ4v) is 5.45. The average molecular weight is 394 g/mol. The van der Waals surface area contributed by atoms with Crippen molar-refractivity contribution in [1.29, 1.82) is 0 Å². The molecule has 0 unspecified atom stereocenters. The van der Waals surface area contributed by atoms with Crippen molar-refractivity contribution in [1.82, 2.24) is 0 Å². The summed E-state index contributed by atoms with van der Waals surface area (Å²) < 4.78 is 11.4. The van der Waals surface area contributed by atoms with Crippen molar-refractivity contribution in [3.63, 3.8) is 0 Å². The molecular formula is C24H26O5. The van der Waals surface area contributed by atoms with E-state index in [-0.39, 0.29) is 28.8 Å². The highest BCUT2D eigenvalue weighted by atomic mass is 16.5. The fraction of sp³-hybridized carbons (Fsp3) is 0.458. The molecule has 0 amide bonds. The molecule has 1 aromatic heterocycles. The van der Waals surface area contributed by atoms with Crippen LogP contribution in [-0.2, 0) is 9.59 Å². The number of allylic oxidation sites excluding steroid dienone is 1. The Labute approximate surface area is 169 Å². The second-order valence-corrected chi connectivity index (χ2v) is 9.19. The molecule has 4 rings (SSSR count). The Morgan fingerprint density at radius 3 is 2.59 bits per heavy atom. The number of carbonyl (C=O) groups is 2. The molecule has 29 heavy (non-hydrogen) atoms. The molecule has 0 spiro atoms. The smallest absolute Gasteiger partial charge is 0.336 e. The van der Waals surface area contributed by atoms with E-state index in [1.165, 1.54) is 6.07 Å². The summed E-state index contributed by atoms with van der Waals surface area (Å²) in [5.41, 5.74) is 0.0623. The third-order valence-corrected chi connectivity index (χ3v) is 7.00. The van der Waals surface area contributed by atoms with Crippen molar-refractivity contribution in [2.45, 2.75) is 40.5 Å². The summed E-state index contributed by atoms with van der Waals surface area (Å²) >= 11 is 0. The normalized spacial score (nSPS) is 28.8. The van der Waals surface area contributed by atoms with Gasteiger partial charge in [-0.15, -0.1) is 0 Å². The number of fused-ring (bicyclic) bond motifs is 2. The molecule has 1 aromatic carbocycles. The van der Waals surface area contributed by atoms with Crippen LogP contribution in [0.1, 0.15) is 40.5 Å². The highest BCUT2D eigenvalue weighted by Crippen LogP contribution is 2.57. The standard InChI is InChI=1S/C24H26O5/c1-14-11-18(25)22-23(2,3)20(26)9-10-24(22,4)17(14)13-28-16-7-5-15-6-8-21(27)29-19(15)12-16/h5-8,11-12,17,22H,9-10,13H2,1-4H3/t17-,22+,24+/m0/s1. The van der Waals surface area contributed by atoms with Crippen molar-refractivity contribution in [3.8, 4) is 5.75 Å². The number of hydrogen-bond donors (Lipinski definition) is 0. The summed E-state index contributed by atoms with van der Waals surface area (Å²) in [6, 6.07) is 8.54. The van der Waals surface area contributed by atoms with Crippen LogP contribution < -0.4 is 10.4 Å². The van der Waals surface area contributed by atoms with Crippen molar-refractivity contribution < 1.29 is 18.7 Å². The summed E-state index contributed by atoms with van der Waals surface area (Å²) in [7, 11) is 0. The molecular weight excluding hydrogens is 368 g/mol. The Morgan fingerprint density at radius 1 is 1.10 bits per heavy atom. The zero-order valence-electron chi connectivity index (χ0n) is 17.3. The first-order valence-electron chi connectivity index (χ1n) is 10.0. The van der Waals surface area contributed by atoms with Crippen LogP contribution in [0.25, 0.3) is 11.0 Å². The molecule has 0 N–H and O–H groups in total. The Bertz CT molecular complexity index is 1090. The van der Waals surface area contributed by atoms with Crippen molar-refractivity contribution >= 4 is 22.5 Å². The zero-order chi connectivity index (χ0) is 21.0. The van der Waals surface area contributed by atoms with Gasteiger partial charge in [-0.05, 0) is 43.0 Å². The molecule has 1 saturated carbocycles. The van der Waals surface area contributed by atoms with Gasteiger partial charge in [-0.25, -0.2) is 4.79 Å². The molecule has 0 aliphatic heterocycles. The molecule has 2 aliphatic carbocycles. The van der Waals surface area contributed by atoms with E-state index in [4.69, 9.17) is 9.15 Å². The Hall–Kier alpha value is -2.69. The summed E-state index contributed by atoms with van der Waals surface area (Å²) in [6.45, 7) is 8.28. The minimum atomic E-state index is -0.675. The summed E-state index contributed by atoms with van der Waals surface area (Å²) in [6.07, 6.45) is 2.86. The van der Waals surface area contributed by atoms with Gasteiger partial charge < -0.3 is 9.15 Å². The first-order valence-corrected chi connectivity index (χ1v) is 10.0. The third kappa shape index (κ3) is 3.13. The van der Waals surface area contributed by atoms with Gasteiger partial charge in [-0.3, -0.25) is 9.59 Å². The summed E-state index contributed by atoms with van der Waals surface area (Å²) in [5, 5.41) is 0.829. The van der Waals surface area contributed by atoms with Crippen LogP contribution in [0.2, 0.25) is 0 Å². The largest absolute Gasteiger partial charge is 0.493 e. The topological polar surface area (TPSA) is 73.6 Å². The maximum absolute atomic E-state index is 12.9. The van der Waals surface area contributed by atoms with Crippen LogP contribution in [0.4, 0.5) is 0 Å². The highest BCUT2D eigenvalue weighted by molar-refractivity contribution is 6.00. The first kappa shape index (κ1) is 19.6. The molecule has 2 aromatic rings. The molecule has 0 saturated heterocycles. The maximum Gasteiger partial charge on any atom is 0.336 e. The van der Waals surface area contributed by atoms with Crippen LogP contribution >= 0.6 is 0 Å². The van der Waals surface area contributed by atoms with E-state index >= 15 is 0 Å². The highest BCUT2D eigenvalue weighted by Gasteiger charge is 2.58. The molecule has 2 aliphatic rings. The van der Waals surface area contributed by atoms with Gasteiger partial charge in [-0.2, -0.15) is 0 Å². The van der Waals surface area contributed by atoms with Crippen LogP contribution in [0, 0.1) is 22.7 Å². The lowest BCUT2D eigenvalue weighted by atomic mass is 9.48. The lowest BCUT2D eigenvalue weighted by molar-refractivity contribution is -0.153. The fourth-order valence-electron chi connectivity index (χ4n) is 5.45. The predicted octanol–water partition coefficient (Wildman–Crippen LogP) is 4.33. The number of benzene rings is 1. The Kier molecular flexibility index (Phi) is 4.52. The van der Waals surface area contributed by atoms with Gasteiger partial charge in [0.25, 0.3) is 0 Å². The van der Waals surface area contributed by atoms with E-state index in [9.17, 15) is 14.4 Å². The SMILES string of the molecule is CC1=CC(=O)[C@@H]2C(C)(C)C(=O)CC[C@]2(C)[C@H]1COc1ccc2ccc(=O)oc2c1. The van der Waals surface area contributed by atoms with Gasteiger partial charge in [0.15, 0.2) is 5.78 Å². The van der Waals surface area contributed by atoms with Crippen molar-refractivity contribution in [2.75, 3.05) is 6.61 Å². The summed E-state index contributed by atoms with van der Waals surface area (Å²) in [4.78, 5) is 36.9. The van der Waals surface area contributed by atoms with E-state index in [1.54, 1.807) is 18.2 Å². The van der Waals surface area contributed by atoms with Crippen LogP contribution in [0.15, 0.2) is 51.2 Å². The zero-order valence-corrected chi connectivity index (χ0v) is 17.3. The second-order valence-electron chi connectivity index (χ2n) is 9.19. The van der Waals surface area contributed by atoms with Crippen molar-refractivity contribution in [2.24, 2.45) is 22.7 Å². The number of carbonyl (C=O) groups excluding carboxylic acids is 2. The predicted molar refractivity (Wildman–Crippen MR) is 110 cm³/mol. The minimum absolute atomic E-state index is 0.0241. The first-order chi connectivity index (χ1) is 13.6. The molecule has 5 heteroatoms. The van der Waals surface area contributed by atoms with Crippen molar-refractivity contribution in [3.05, 3.63) is 52.4 Å². The second kappa shape index (κ2) is 6.68. The van der Waals surface area contributed by atoms with E-state index in [2.05, 4.69) is 6.92 Å². The lowest BCUT2D eigenvalue weighted by Crippen LogP contribution is -2.56. The van der Waals surface area contributed by atoms with E-state index in [0.717, 1.165) is 11.0 Å². The molecule has 3 atom stereocenters. The lowest BCUT2D eigenvalue weighted by Gasteiger charge is -2.54. The molecule has 152 valence electrons. The van der Waals surface area contributed by atoms with Crippen LogP contribution in [-0.4, -0.2) is 18.2 Å². The maximum atomic E-state index is 12.9. The monoisotopic (exact) mass is 394 g/mol. The number of ether oxygens (including phenoxy) is 1. The van der Waals surface area contributed by atoms with Gasteiger partial charge in [0, 0.05) is 41.2 Å². The van der Waals surface area contributed by atoms with Gasteiger partial charge in [-0.1, -0.05) is 26.3 Å². The number of ketones is 2. The number of Topliss-reactive ketones (excluding diaryl/α,β-unsaturated/α-hetero) is 1. The molecule has 0 radical (unpaired) electrons. The van der Waals surface area contributed by atoms with E-state index in [0.29, 0.717) is 30.8 Å². The number of hydrogen-bond acceptors (Lipinski definition) is 5. The molecule has 1 fully saturated rings. The molecule has 0 bridgehead atoms. The third-order valence-electron chi connectivity index (χ3n) is 7.00. The van der Waals surface area contributed by atoms with E-state index in [1.807, 2.05) is 32.9 Å². The van der Waals surface area contributed by atoms with Crippen LogP contribution in [0.3, 0.4) is 0 Å². The summed E-state index contributed by atoms with van der Waals surface area (Å²) in [5.74, 6) is 0.499. The quantitative estimate of drug-likeness (QED) is 0.725. The molecule has 5 nitrogen and oxygen atoms in total. The van der Waals surface area contributed by atoms with Gasteiger partial charge >= 0.3 is 5.63 Å². The number of rotatable bonds is 3. The Morgan fingerprint density at radius 2 is 1.83 bits per heavy atom. The van der Waals surface area contributed by atoms with Gasteiger partial charge in [0.1, 0.15) is 17.1 Å². The average Bonchev–Trinajstić information content (AvgIpc) is 2.64. The van der Waals surface area contributed by atoms with Crippen LogP contribution in [0.5, 0.6) is 5.75 Å².